The molecule has 0 heterocycles. The molecule has 0 fully saturated rings. The van der Waals surface area contributed by atoms with Gasteiger partial charge in [-0.1, -0.05) is 33.1 Å². The molecule has 84 valence electrons. The minimum Gasteiger partial charge on any atom is -0.462 e. The fourth-order valence-electron chi connectivity index (χ4n) is 1.19. The standard InChI is InChI=1S/C11H21ClO2/c1-4-6-8-9(3)14-11(13)10(12)7-5-2/h9-10H,4-8H2,1-3H3. The van der Waals surface area contributed by atoms with Gasteiger partial charge in [-0.15, -0.1) is 11.6 Å². The molecule has 0 N–H and O–H groups in total. The lowest BCUT2D eigenvalue weighted by Gasteiger charge is -2.14. The van der Waals surface area contributed by atoms with E-state index in [0.717, 1.165) is 25.7 Å². The number of unbranched alkanes of at least 4 members (excludes halogenated alkanes) is 1. The van der Waals surface area contributed by atoms with Crippen LogP contribution in [-0.2, 0) is 9.53 Å². The number of ether oxygens (including phenoxy) is 1. The van der Waals surface area contributed by atoms with Crippen LogP contribution in [0.5, 0.6) is 0 Å². The number of carbonyl (C=O) groups is 1. The van der Waals surface area contributed by atoms with Gasteiger partial charge in [0.2, 0.25) is 0 Å². The van der Waals surface area contributed by atoms with Crippen molar-refractivity contribution < 1.29 is 9.53 Å². The summed E-state index contributed by atoms with van der Waals surface area (Å²) in [7, 11) is 0. The van der Waals surface area contributed by atoms with E-state index in [9.17, 15) is 4.79 Å². The lowest BCUT2D eigenvalue weighted by Crippen LogP contribution is -2.22. The monoisotopic (exact) mass is 220 g/mol. The van der Waals surface area contributed by atoms with Gasteiger partial charge in [-0.3, -0.25) is 4.79 Å². The van der Waals surface area contributed by atoms with Gasteiger partial charge in [-0.05, 0) is 19.8 Å². The Balaban J connectivity index is 3.69. The van der Waals surface area contributed by atoms with Crippen molar-refractivity contribution in [3.8, 4) is 0 Å². The molecule has 0 aliphatic rings. The van der Waals surface area contributed by atoms with Crippen molar-refractivity contribution in [2.75, 3.05) is 0 Å². The minimum atomic E-state index is -0.468. The van der Waals surface area contributed by atoms with E-state index in [1.54, 1.807) is 0 Å². The van der Waals surface area contributed by atoms with Crippen molar-refractivity contribution in [1.82, 2.24) is 0 Å². The molecule has 0 rings (SSSR count). The number of halogens is 1. The first-order chi connectivity index (χ1) is 6.61. The summed E-state index contributed by atoms with van der Waals surface area (Å²) in [5.74, 6) is -0.267. The van der Waals surface area contributed by atoms with Gasteiger partial charge in [0.25, 0.3) is 0 Å². The number of hydrogen-bond donors (Lipinski definition) is 0. The predicted octanol–water partition coefficient (Wildman–Crippen LogP) is 3.52. The molecule has 0 aromatic heterocycles. The molecule has 0 aliphatic heterocycles. The Kier molecular flexibility index (Phi) is 7.96. The largest absolute Gasteiger partial charge is 0.462 e. The fraction of sp³-hybridized carbons (Fsp3) is 0.909. The van der Waals surface area contributed by atoms with Crippen LogP contribution in [0, 0.1) is 0 Å². The predicted molar refractivity (Wildman–Crippen MR) is 59.6 cm³/mol. The number of rotatable bonds is 7. The smallest absolute Gasteiger partial charge is 0.324 e. The van der Waals surface area contributed by atoms with Crippen molar-refractivity contribution in [2.24, 2.45) is 0 Å². The van der Waals surface area contributed by atoms with Gasteiger partial charge in [0.15, 0.2) is 0 Å². The quantitative estimate of drug-likeness (QED) is 0.485. The van der Waals surface area contributed by atoms with Crippen LogP contribution >= 0.6 is 11.6 Å². The molecule has 0 radical (unpaired) electrons. The lowest BCUT2D eigenvalue weighted by atomic mass is 10.2. The van der Waals surface area contributed by atoms with Gasteiger partial charge in [0.05, 0.1) is 6.10 Å². The molecule has 0 saturated carbocycles. The molecular formula is C11H21ClO2. The van der Waals surface area contributed by atoms with Crippen molar-refractivity contribution >= 4 is 17.6 Å². The van der Waals surface area contributed by atoms with Gasteiger partial charge in [-0.25, -0.2) is 0 Å². The molecular weight excluding hydrogens is 200 g/mol. The Morgan fingerprint density at radius 1 is 1.29 bits per heavy atom. The maximum Gasteiger partial charge on any atom is 0.324 e. The van der Waals surface area contributed by atoms with E-state index in [4.69, 9.17) is 16.3 Å². The SMILES string of the molecule is CCCCC(C)OC(=O)C(Cl)CCC. The van der Waals surface area contributed by atoms with E-state index < -0.39 is 5.38 Å². The number of alkyl halides is 1. The van der Waals surface area contributed by atoms with E-state index in [1.165, 1.54) is 0 Å². The summed E-state index contributed by atoms with van der Waals surface area (Å²) in [6.07, 6.45) is 4.75. The molecule has 2 unspecified atom stereocenters. The zero-order chi connectivity index (χ0) is 11.0. The van der Waals surface area contributed by atoms with Crippen molar-refractivity contribution in [2.45, 2.75) is 64.4 Å². The molecule has 2 nitrogen and oxygen atoms in total. The van der Waals surface area contributed by atoms with Gasteiger partial charge < -0.3 is 4.74 Å². The Labute approximate surface area is 92.0 Å². The first-order valence-electron chi connectivity index (χ1n) is 5.46. The topological polar surface area (TPSA) is 26.3 Å². The second-order valence-electron chi connectivity index (χ2n) is 3.65. The van der Waals surface area contributed by atoms with Crippen LogP contribution in [0.1, 0.15) is 52.9 Å². The maximum atomic E-state index is 11.4. The van der Waals surface area contributed by atoms with Gasteiger partial charge in [0.1, 0.15) is 5.38 Å². The number of esters is 1. The van der Waals surface area contributed by atoms with Gasteiger partial charge in [0, 0.05) is 0 Å². The van der Waals surface area contributed by atoms with E-state index in [0.29, 0.717) is 6.42 Å². The number of hydrogen-bond acceptors (Lipinski definition) is 2. The summed E-state index contributed by atoms with van der Waals surface area (Å²) in [6.45, 7) is 6.04. The first-order valence-corrected chi connectivity index (χ1v) is 5.90. The van der Waals surface area contributed by atoms with Gasteiger partial charge in [-0.2, -0.15) is 0 Å². The van der Waals surface area contributed by atoms with Crippen LogP contribution in [0.15, 0.2) is 0 Å². The zero-order valence-electron chi connectivity index (χ0n) is 9.38. The zero-order valence-corrected chi connectivity index (χ0v) is 10.1. The Morgan fingerprint density at radius 2 is 1.93 bits per heavy atom. The first kappa shape index (κ1) is 13.8. The molecule has 0 aromatic carbocycles. The molecule has 3 heteroatoms. The summed E-state index contributed by atoms with van der Waals surface area (Å²) in [5, 5.41) is -0.468. The third-order valence-corrected chi connectivity index (χ3v) is 2.48. The highest BCUT2D eigenvalue weighted by molar-refractivity contribution is 6.29. The van der Waals surface area contributed by atoms with Crippen LogP contribution in [-0.4, -0.2) is 17.5 Å². The van der Waals surface area contributed by atoms with E-state index >= 15 is 0 Å². The molecule has 0 aliphatic carbocycles. The van der Waals surface area contributed by atoms with E-state index in [2.05, 4.69) is 6.92 Å². The average Bonchev–Trinajstić information content (AvgIpc) is 2.15. The molecule has 0 saturated heterocycles. The molecule has 14 heavy (non-hydrogen) atoms. The highest BCUT2D eigenvalue weighted by Crippen LogP contribution is 2.11. The summed E-state index contributed by atoms with van der Waals surface area (Å²) in [6, 6.07) is 0. The Morgan fingerprint density at radius 3 is 2.43 bits per heavy atom. The fourth-order valence-corrected chi connectivity index (χ4v) is 1.46. The van der Waals surface area contributed by atoms with Crippen LogP contribution in [0.3, 0.4) is 0 Å². The van der Waals surface area contributed by atoms with Crippen LogP contribution < -0.4 is 0 Å². The van der Waals surface area contributed by atoms with E-state index in [-0.39, 0.29) is 12.1 Å². The molecule has 0 aromatic rings. The third kappa shape index (κ3) is 6.25. The maximum absolute atomic E-state index is 11.4. The van der Waals surface area contributed by atoms with Crippen molar-refractivity contribution in [1.29, 1.82) is 0 Å². The van der Waals surface area contributed by atoms with Crippen molar-refractivity contribution in [3.63, 3.8) is 0 Å². The highest BCUT2D eigenvalue weighted by Gasteiger charge is 2.17. The van der Waals surface area contributed by atoms with Crippen LogP contribution in [0.4, 0.5) is 0 Å². The summed E-state index contributed by atoms with van der Waals surface area (Å²) in [5.41, 5.74) is 0. The normalized spacial score (nSPS) is 14.9. The van der Waals surface area contributed by atoms with Crippen LogP contribution in [0.25, 0.3) is 0 Å². The molecule has 0 spiro atoms. The third-order valence-electron chi connectivity index (χ3n) is 2.08. The molecule has 2 atom stereocenters. The summed E-state index contributed by atoms with van der Waals surface area (Å²) >= 11 is 5.83. The highest BCUT2D eigenvalue weighted by atomic mass is 35.5. The van der Waals surface area contributed by atoms with E-state index in [1.807, 2.05) is 13.8 Å². The van der Waals surface area contributed by atoms with Gasteiger partial charge >= 0.3 is 5.97 Å². The summed E-state index contributed by atoms with van der Waals surface area (Å²) < 4.78 is 5.20. The second kappa shape index (κ2) is 8.10. The average molecular weight is 221 g/mol. The number of carbonyl (C=O) groups excluding carboxylic acids is 1. The molecule has 0 amide bonds. The van der Waals surface area contributed by atoms with Crippen molar-refractivity contribution in [3.05, 3.63) is 0 Å². The van der Waals surface area contributed by atoms with Crippen LogP contribution in [0.2, 0.25) is 0 Å². The molecule has 0 bridgehead atoms. The Bertz CT molecular complexity index is 159. The lowest BCUT2D eigenvalue weighted by molar-refractivity contribution is -0.148. The Hall–Kier alpha value is -0.240. The summed E-state index contributed by atoms with van der Waals surface area (Å²) in [4.78, 5) is 11.4. The second-order valence-corrected chi connectivity index (χ2v) is 4.17. The minimum absolute atomic E-state index is 0.000515.